The number of ether oxygens (including phenoxy) is 1. The van der Waals surface area contributed by atoms with Gasteiger partial charge >= 0.3 is 0 Å². The van der Waals surface area contributed by atoms with Gasteiger partial charge in [-0.15, -0.1) is 12.4 Å². The van der Waals surface area contributed by atoms with Crippen molar-refractivity contribution in [2.24, 2.45) is 5.73 Å². The van der Waals surface area contributed by atoms with Crippen molar-refractivity contribution < 1.29 is 13.9 Å². The molecule has 0 aliphatic rings. The number of nitrogens with two attached hydrogens (primary N) is 1. The van der Waals surface area contributed by atoms with Crippen LogP contribution in [0.25, 0.3) is 0 Å². The molecule has 0 bridgehead atoms. The van der Waals surface area contributed by atoms with Gasteiger partial charge in [-0.2, -0.15) is 0 Å². The molecule has 0 spiro atoms. The summed E-state index contributed by atoms with van der Waals surface area (Å²) in [5.74, 6) is -0.101. The first kappa shape index (κ1) is 21.9. The van der Waals surface area contributed by atoms with Crippen LogP contribution in [-0.2, 0) is 11.3 Å². The Morgan fingerprint density at radius 1 is 1.04 bits per heavy atom. The Labute approximate surface area is 160 Å². The smallest absolute Gasteiger partial charge is 0.222 e. The van der Waals surface area contributed by atoms with Gasteiger partial charge < -0.3 is 15.4 Å². The fraction of sp³-hybridized carbons (Fsp3) is 0.350. The number of hydrogen-bond donors (Lipinski definition) is 1. The summed E-state index contributed by atoms with van der Waals surface area (Å²) in [6.07, 6.45) is 1.68. The number of nitrogens with zero attached hydrogens (tertiary/aromatic N) is 1. The molecule has 0 aliphatic heterocycles. The standard InChI is InChI=1S/C20H25FN2O2.ClH/c21-18-10-4-5-11-19(18)25-15-6-12-20(24)23(14-7-13-22)16-17-8-2-1-3-9-17;/h1-5,8-11H,6-7,12-16,22H2;1H. The van der Waals surface area contributed by atoms with Gasteiger partial charge in [0.15, 0.2) is 11.6 Å². The zero-order valence-corrected chi connectivity index (χ0v) is 15.6. The molecule has 142 valence electrons. The molecule has 0 saturated heterocycles. The monoisotopic (exact) mass is 380 g/mol. The topological polar surface area (TPSA) is 55.6 Å². The van der Waals surface area contributed by atoms with E-state index in [1.165, 1.54) is 6.07 Å². The molecular formula is C20H26ClFN2O2. The molecular weight excluding hydrogens is 355 g/mol. The molecule has 6 heteroatoms. The van der Waals surface area contributed by atoms with Crippen LogP contribution >= 0.6 is 12.4 Å². The van der Waals surface area contributed by atoms with Crippen molar-refractivity contribution in [3.8, 4) is 5.75 Å². The third kappa shape index (κ3) is 7.42. The van der Waals surface area contributed by atoms with Gasteiger partial charge in [0.05, 0.1) is 6.61 Å². The van der Waals surface area contributed by atoms with Crippen LogP contribution in [0.5, 0.6) is 5.75 Å². The lowest BCUT2D eigenvalue weighted by atomic mass is 10.2. The van der Waals surface area contributed by atoms with Crippen LogP contribution in [0.3, 0.4) is 0 Å². The first-order valence-corrected chi connectivity index (χ1v) is 8.60. The first-order valence-electron chi connectivity index (χ1n) is 8.60. The summed E-state index contributed by atoms with van der Waals surface area (Å²) in [7, 11) is 0. The van der Waals surface area contributed by atoms with Crippen LogP contribution in [0.15, 0.2) is 54.6 Å². The highest BCUT2D eigenvalue weighted by Gasteiger charge is 2.13. The van der Waals surface area contributed by atoms with Crippen molar-refractivity contribution >= 4 is 18.3 Å². The molecule has 0 radical (unpaired) electrons. The molecule has 0 heterocycles. The molecule has 4 nitrogen and oxygen atoms in total. The number of halogens is 2. The minimum absolute atomic E-state index is 0. The van der Waals surface area contributed by atoms with Crippen molar-refractivity contribution in [3.63, 3.8) is 0 Å². The summed E-state index contributed by atoms with van der Waals surface area (Å²) < 4.78 is 18.9. The van der Waals surface area contributed by atoms with Crippen LogP contribution in [0, 0.1) is 5.82 Å². The lowest BCUT2D eigenvalue weighted by Gasteiger charge is -2.23. The second-order valence-electron chi connectivity index (χ2n) is 5.83. The number of para-hydroxylation sites is 1. The van der Waals surface area contributed by atoms with Gasteiger partial charge in [-0.05, 0) is 37.1 Å². The van der Waals surface area contributed by atoms with Gasteiger partial charge in [0, 0.05) is 19.5 Å². The fourth-order valence-electron chi connectivity index (χ4n) is 2.50. The first-order chi connectivity index (χ1) is 12.2. The Hall–Kier alpha value is -2.11. The summed E-state index contributed by atoms with van der Waals surface area (Å²) in [6, 6.07) is 16.2. The van der Waals surface area contributed by atoms with Gasteiger partial charge in [0.2, 0.25) is 5.91 Å². The van der Waals surface area contributed by atoms with Crippen LogP contribution < -0.4 is 10.5 Å². The van der Waals surface area contributed by atoms with Gasteiger partial charge in [0.1, 0.15) is 0 Å². The van der Waals surface area contributed by atoms with E-state index >= 15 is 0 Å². The maximum Gasteiger partial charge on any atom is 0.222 e. The van der Waals surface area contributed by atoms with Crippen molar-refractivity contribution in [1.29, 1.82) is 0 Å². The molecule has 2 aromatic rings. The molecule has 26 heavy (non-hydrogen) atoms. The highest BCUT2D eigenvalue weighted by molar-refractivity contribution is 5.85. The molecule has 0 saturated carbocycles. The molecule has 1 amide bonds. The van der Waals surface area contributed by atoms with E-state index in [9.17, 15) is 9.18 Å². The Morgan fingerprint density at radius 3 is 2.42 bits per heavy atom. The van der Waals surface area contributed by atoms with E-state index in [0.717, 1.165) is 12.0 Å². The van der Waals surface area contributed by atoms with Gasteiger partial charge in [-0.3, -0.25) is 4.79 Å². The molecule has 0 atom stereocenters. The third-order valence-corrected chi connectivity index (χ3v) is 3.83. The van der Waals surface area contributed by atoms with E-state index in [-0.39, 0.29) is 29.9 Å². The third-order valence-electron chi connectivity index (χ3n) is 3.83. The molecule has 0 aromatic heterocycles. The molecule has 2 aromatic carbocycles. The normalized spacial score (nSPS) is 10.1. The molecule has 0 aliphatic carbocycles. The van der Waals surface area contributed by atoms with Crippen molar-refractivity contribution in [2.45, 2.75) is 25.8 Å². The number of hydrogen-bond acceptors (Lipinski definition) is 3. The average molecular weight is 381 g/mol. The van der Waals surface area contributed by atoms with E-state index in [0.29, 0.717) is 39.1 Å². The van der Waals surface area contributed by atoms with Gasteiger partial charge in [-0.1, -0.05) is 42.5 Å². The zero-order valence-electron chi connectivity index (χ0n) is 14.8. The number of carbonyl (C=O) groups is 1. The summed E-state index contributed by atoms with van der Waals surface area (Å²) in [6.45, 7) is 2.07. The predicted molar refractivity (Wildman–Crippen MR) is 104 cm³/mol. The summed E-state index contributed by atoms with van der Waals surface area (Å²) in [5.41, 5.74) is 6.67. The summed E-state index contributed by atoms with van der Waals surface area (Å²) in [5, 5.41) is 0. The minimum Gasteiger partial charge on any atom is -0.491 e. The van der Waals surface area contributed by atoms with Crippen LogP contribution in [0.1, 0.15) is 24.8 Å². The van der Waals surface area contributed by atoms with E-state index in [1.54, 1.807) is 18.2 Å². The maximum absolute atomic E-state index is 13.5. The Balaban J connectivity index is 0.00000338. The predicted octanol–water partition coefficient (Wildman–Crippen LogP) is 3.78. The van der Waals surface area contributed by atoms with Crippen LogP contribution in [0.2, 0.25) is 0 Å². The average Bonchev–Trinajstić information content (AvgIpc) is 2.64. The highest BCUT2D eigenvalue weighted by Crippen LogP contribution is 2.16. The number of benzene rings is 2. The second-order valence-corrected chi connectivity index (χ2v) is 5.83. The van der Waals surface area contributed by atoms with Gasteiger partial charge in [-0.25, -0.2) is 4.39 Å². The van der Waals surface area contributed by atoms with Crippen LogP contribution in [-0.4, -0.2) is 30.5 Å². The molecule has 0 unspecified atom stereocenters. The Kier molecular flexibility index (Phi) is 10.4. The quantitative estimate of drug-likeness (QED) is 0.638. The lowest BCUT2D eigenvalue weighted by molar-refractivity contribution is -0.132. The van der Waals surface area contributed by atoms with Gasteiger partial charge in [0.25, 0.3) is 0 Å². The Morgan fingerprint density at radius 2 is 1.73 bits per heavy atom. The zero-order chi connectivity index (χ0) is 17.9. The SMILES string of the molecule is Cl.NCCCN(Cc1ccccc1)C(=O)CCCOc1ccccc1F. The largest absolute Gasteiger partial charge is 0.491 e. The summed E-state index contributed by atoms with van der Waals surface area (Å²) >= 11 is 0. The van der Waals surface area contributed by atoms with Crippen molar-refractivity contribution in [2.75, 3.05) is 19.7 Å². The fourth-order valence-corrected chi connectivity index (χ4v) is 2.50. The Bertz CT molecular complexity index is 655. The molecule has 0 fully saturated rings. The number of rotatable bonds is 10. The molecule has 2 N–H and O–H groups in total. The van der Waals surface area contributed by atoms with Crippen LogP contribution in [0.4, 0.5) is 4.39 Å². The van der Waals surface area contributed by atoms with E-state index in [2.05, 4.69) is 0 Å². The van der Waals surface area contributed by atoms with E-state index in [1.807, 2.05) is 35.2 Å². The van der Waals surface area contributed by atoms with E-state index in [4.69, 9.17) is 10.5 Å². The minimum atomic E-state index is -0.387. The number of carbonyl (C=O) groups excluding carboxylic acids is 1. The number of amides is 1. The molecule has 2 rings (SSSR count). The van der Waals surface area contributed by atoms with Crippen molar-refractivity contribution in [1.82, 2.24) is 4.90 Å². The van der Waals surface area contributed by atoms with Crippen molar-refractivity contribution in [3.05, 3.63) is 66.0 Å². The highest BCUT2D eigenvalue weighted by atomic mass is 35.5. The maximum atomic E-state index is 13.5. The van der Waals surface area contributed by atoms with E-state index < -0.39 is 0 Å². The summed E-state index contributed by atoms with van der Waals surface area (Å²) in [4.78, 5) is 14.3. The lowest BCUT2D eigenvalue weighted by Crippen LogP contribution is -2.32. The second kappa shape index (κ2) is 12.3.